The molecule has 0 amide bonds. The summed E-state index contributed by atoms with van der Waals surface area (Å²) in [6.45, 7) is 10.6. The monoisotopic (exact) mass is 304 g/mol. The smallest absolute Gasteiger partial charge is 0.146 e. The first-order valence-electron chi connectivity index (χ1n) is 8.33. The van der Waals surface area contributed by atoms with Crippen LogP contribution in [0.2, 0.25) is 0 Å². The minimum absolute atomic E-state index is 0.347. The van der Waals surface area contributed by atoms with Crippen molar-refractivity contribution in [1.82, 2.24) is 9.80 Å². The summed E-state index contributed by atoms with van der Waals surface area (Å²) in [4.78, 5) is 16.2. The third-order valence-corrected chi connectivity index (χ3v) is 4.17. The number of ketones is 1. The molecule has 0 aromatic heterocycles. The molecule has 0 aliphatic carbocycles. The average Bonchev–Trinajstić information content (AvgIpc) is 2.54. The Morgan fingerprint density at radius 1 is 1.09 bits per heavy atom. The van der Waals surface area contributed by atoms with Crippen molar-refractivity contribution < 1.29 is 9.53 Å². The van der Waals surface area contributed by atoms with Gasteiger partial charge in [0.05, 0.1) is 13.2 Å². The lowest BCUT2D eigenvalue weighted by atomic mass is 10.2. The van der Waals surface area contributed by atoms with E-state index in [2.05, 4.69) is 28.9 Å². The first-order chi connectivity index (χ1) is 10.7. The van der Waals surface area contributed by atoms with Crippen molar-refractivity contribution in [3.05, 3.63) is 29.8 Å². The van der Waals surface area contributed by atoms with E-state index in [9.17, 15) is 4.79 Å². The first kappa shape index (κ1) is 17.0. The van der Waals surface area contributed by atoms with Crippen LogP contribution in [0.3, 0.4) is 0 Å². The molecule has 0 bridgehead atoms. The molecule has 1 aliphatic heterocycles. The minimum atomic E-state index is 0.347. The summed E-state index contributed by atoms with van der Waals surface area (Å²) in [7, 11) is 0. The predicted molar refractivity (Wildman–Crippen MR) is 89.5 cm³/mol. The number of hydrogen-bond donors (Lipinski definition) is 0. The van der Waals surface area contributed by atoms with Crippen LogP contribution in [0.1, 0.15) is 25.3 Å². The molecule has 1 aromatic rings. The van der Waals surface area contributed by atoms with Gasteiger partial charge < -0.3 is 9.64 Å². The van der Waals surface area contributed by atoms with Crippen LogP contribution in [0, 0.1) is 6.92 Å². The van der Waals surface area contributed by atoms with Crippen LogP contribution >= 0.6 is 0 Å². The Morgan fingerprint density at radius 3 is 2.36 bits per heavy atom. The standard InChI is InChI=1S/C18H28N2O2/c1-3-17(21)15-20-12-10-19(11-13-20)9-4-14-22-18-7-5-16(2)6-8-18/h5-8H,3-4,9-15H2,1-2H3. The number of aryl methyl sites for hydroxylation is 1. The maximum atomic E-state index is 11.5. The molecule has 1 saturated heterocycles. The van der Waals surface area contributed by atoms with Gasteiger partial charge >= 0.3 is 0 Å². The van der Waals surface area contributed by atoms with Crippen molar-refractivity contribution in [3.8, 4) is 5.75 Å². The van der Waals surface area contributed by atoms with Crippen LogP contribution < -0.4 is 4.74 Å². The van der Waals surface area contributed by atoms with Gasteiger partial charge in [0.15, 0.2) is 0 Å². The molecule has 0 radical (unpaired) electrons. The zero-order chi connectivity index (χ0) is 15.8. The van der Waals surface area contributed by atoms with Crippen LogP contribution in [0.4, 0.5) is 0 Å². The second-order valence-corrected chi connectivity index (χ2v) is 6.03. The van der Waals surface area contributed by atoms with E-state index in [1.165, 1.54) is 5.56 Å². The van der Waals surface area contributed by atoms with Gasteiger partial charge in [0.1, 0.15) is 11.5 Å². The SMILES string of the molecule is CCC(=O)CN1CCN(CCCOc2ccc(C)cc2)CC1. The molecule has 1 aromatic carbocycles. The normalized spacial score (nSPS) is 16.6. The quantitative estimate of drug-likeness (QED) is 0.690. The van der Waals surface area contributed by atoms with Crippen molar-refractivity contribution in [2.24, 2.45) is 0 Å². The Balaban J connectivity index is 1.57. The van der Waals surface area contributed by atoms with Crippen LogP contribution in [0.5, 0.6) is 5.75 Å². The van der Waals surface area contributed by atoms with E-state index in [0.29, 0.717) is 18.7 Å². The van der Waals surface area contributed by atoms with E-state index < -0.39 is 0 Å². The third-order valence-electron chi connectivity index (χ3n) is 4.17. The molecule has 4 nitrogen and oxygen atoms in total. The van der Waals surface area contributed by atoms with Crippen LogP contribution in [0.15, 0.2) is 24.3 Å². The van der Waals surface area contributed by atoms with E-state index in [0.717, 1.165) is 51.5 Å². The highest BCUT2D eigenvalue weighted by Crippen LogP contribution is 2.11. The highest BCUT2D eigenvalue weighted by molar-refractivity contribution is 5.80. The number of carbonyl (C=O) groups is 1. The Bertz CT molecular complexity index is 451. The summed E-state index contributed by atoms with van der Waals surface area (Å²) in [5, 5.41) is 0. The van der Waals surface area contributed by atoms with Gasteiger partial charge in [0.25, 0.3) is 0 Å². The van der Waals surface area contributed by atoms with E-state index in [4.69, 9.17) is 4.74 Å². The van der Waals surface area contributed by atoms with E-state index >= 15 is 0 Å². The first-order valence-corrected chi connectivity index (χ1v) is 8.33. The summed E-state index contributed by atoms with van der Waals surface area (Å²) in [5.74, 6) is 1.30. The molecule has 2 rings (SSSR count). The number of Topliss-reactive ketones (excluding diaryl/α,β-unsaturated/α-hetero) is 1. The van der Waals surface area contributed by atoms with Crippen LogP contribution in [-0.4, -0.2) is 61.5 Å². The molecule has 0 unspecified atom stereocenters. The van der Waals surface area contributed by atoms with Gasteiger partial charge in [-0.05, 0) is 25.5 Å². The van der Waals surface area contributed by atoms with Crippen LogP contribution in [0.25, 0.3) is 0 Å². The maximum Gasteiger partial charge on any atom is 0.146 e. The summed E-state index contributed by atoms with van der Waals surface area (Å²) >= 11 is 0. The largest absolute Gasteiger partial charge is 0.494 e. The Labute approximate surface area is 134 Å². The number of hydrogen-bond acceptors (Lipinski definition) is 4. The van der Waals surface area contributed by atoms with Crippen molar-refractivity contribution in [2.45, 2.75) is 26.7 Å². The predicted octanol–water partition coefficient (Wildman–Crippen LogP) is 2.36. The molecule has 1 aliphatic rings. The number of benzene rings is 1. The third kappa shape index (κ3) is 5.78. The van der Waals surface area contributed by atoms with E-state index in [1.54, 1.807) is 0 Å². The van der Waals surface area contributed by atoms with E-state index in [-0.39, 0.29) is 0 Å². The topological polar surface area (TPSA) is 32.8 Å². The lowest BCUT2D eigenvalue weighted by molar-refractivity contribution is -0.120. The van der Waals surface area contributed by atoms with Gasteiger partial charge in [-0.25, -0.2) is 0 Å². The number of carbonyl (C=O) groups excluding carboxylic acids is 1. The fourth-order valence-corrected chi connectivity index (χ4v) is 2.64. The lowest BCUT2D eigenvalue weighted by Gasteiger charge is -2.34. The molecule has 0 saturated carbocycles. The Morgan fingerprint density at radius 2 is 1.73 bits per heavy atom. The van der Waals surface area contributed by atoms with Gasteiger partial charge in [-0.15, -0.1) is 0 Å². The van der Waals surface area contributed by atoms with Gasteiger partial charge in [-0.3, -0.25) is 9.69 Å². The van der Waals surface area contributed by atoms with Crippen LogP contribution in [-0.2, 0) is 4.79 Å². The number of piperazine rings is 1. The zero-order valence-electron chi connectivity index (χ0n) is 13.9. The lowest BCUT2D eigenvalue weighted by Crippen LogP contribution is -2.48. The van der Waals surface area contributed by atoms with Crippen molar-refractivity contribution in [3.63, 3.8) is 0 Å². The van der Waals surface area contributed by atoms with Crippen molar-refractivity contribution in [2.75, 3.05) is 45.9 Å². The Hall–Kier alpha value is -1.39. The number of nitrogens with zero attached hydrogens (tertiary/aromatic N) is 2. The molecular weight excluding hydrogens is 276 g/mol. The highest BCUT2D eigenvalue weighted by Gasteiger charge is 2.17. The van der Waals surface area contributed by atoms with Crippen molar-refractivity contribution in [1.29, 1.82) is 0 Å². The number of ether oxygens (including phenoxy) is 1. The fraction of sp³-hybridized carbons (Fsp3) is 0.611. The van der Waals surface area contributed by atoms with E-state index in [1.807, 2.05) is 19.1 Å². The molecule has 1 fully saturated rings. The summed E-state index contributed by atoms with van der Waals surface area (Å²) in [6, 6.07) is 8.20. The summed E-state index contributed by atoms with van der Waals surface area (Å²) in [6.07, 6.45) is 1.69. The van der Waals surface area contributed by atoms with Gasteiger partial charge in [0, 0.05) is 39.1 Å². The molecule has 0 N–H and O–H groups in total. The molecule has 122 valence electrons. The van der Waals surface area contributed by atoms with Crippen molar-refractivity contribution >= 4 is 5.78 Å². The molecule has 0 atom stereocenters. The molecule has 22 heavy (non-hydrogen) atoms. The molecule has 4 heteroatoms. The Kier molecular flexibility index (Phi) is 6.87. The molecule has 0 spiro atoms. The fourth-order valence-electron chi connectivity index (χ4n) is 2.64. The minimum Gasteiger partial charge on any atom is -0.494 e. The molecular formula is C18H28N2O2. The van der Waals surface area contributed by atoms with Gasteiger partial charge in [-0.1, -0.05) is 24.6 Å². The second-order valence-electron chi connectivity index (χ2n) is 6.03. The zero-order valence-corrected chi connectivity index (χ0v) is 13.9. The number of rotatable bonds is 8. The second kappa shape index (κ2) is 8.91. The van der Waals surface area contributed by atoms with Gasteiger partial charge in [0.2, 0.25) is 0 Å². The summed E-state index contributed by atoms with van der Waals surface area (Å²) in [5.41, 5.74) is 1.26. The molecule has 1 heterocycles. The summed E-state index contributed by atoms with van der Waals surface area (Å²) < 4.78 is 5.76. The average molecular weight is 304 g/mol. The maximum absolute atomic E-state index is 11.5. The van der Waals surface area contributed by atoms with Gasteiger partial charge in [-0.2, -0.15) is 0 Å². The highest BCUT2D eigenvalue weighted by atomic mass is 16.5.